The molecule has 0 N–H and O–H groups in total. The molecule has 6 heteroatoms. The van der Waals surface area contributed by atoms with Gasteiger partial charge in [0.15, 0.2) is 5.76 Å². The predicted octanol–water partition coefficient (Wildman–Crippen LogP) is 2.88. The molecule has 2 aliphatic heterocycles. The molecule has 2 atom stereocenters. The summed E-state index contributed by atoms with van der Waals surface area (Å²) in [5.74, 6) is 2.71. The van der Waals surface area contributed by atoms with Gasteiger partial charge in [-0.05, 0) is 49.9 Å². The fourth-order valence-electron chi connectivity index (χ4n) is 4.23. The van der Waals surface area contributed by atoms with Crippen molar-refractivity contribution in [3.63, 3.8) is 0 Å². The maximum absolute atomic E-state index is 12.5. The molecule has 2 saturated heterocycles. The average molecular weight is 356 g/mol. The number of aryl methyl sites for hydroxylation is 1. The van der Waals surface area contributed by atoms with Crippen LogP contribution in [0.2, 0.25) is 0 Å². The van der Waals surface area contributed by atoms with Crippen molar-refractivity contribution in [2.75, 3.05) is 19.6 Å². The lowest BCUT2D eigenvalue weighted by Gasteiger charge is -2.47. The predicted molar refractivity (Wildman–Crippen MR) is 94.6 cm³/mol. The molecule has 0 saturated carbocycles. The topological polar surface area (TPSA) is 66.9 Å². The van der Waals surface area contributed by atoms with Gasteiger partial charge in [-0.3, -0.25) is 9.59 Å². The second-order valence-electron chi connectivity index (χ2n) is 7.23. The highest BCUT2D eigenvalue weighted by molar-refractivity contribution is 5.91. The molecular formula is C20H24N2O4. The van der Waals surface area contributed by atoms with Crippen LogP contribution in [0.3, 0.4) is 0 Å². The first-order valence-corrected chi connectivity index (χ1v) is 9.29. The molecule has 2 amide bonds. The Morgan fingerprint density at radius 2 is 2.15 bits per heavy atom. The maximum atomic E-state index is 12.5. The van der Waals surface area contributed by atoms with Gasteiger partial charge in [0.2, 0.25) is 5.91 Å². The van der Waals surface area contributed by atoms with Crippen molar-refractivity contribution in [1.82, 2.24) is 9.80 Å². The maximum Gasteiger partial charge on any atom is 0.289 e. The molecule has 2 aromatic rings. The minimum Gasteiger partial charge on any atom is -0.466 e. The second-order valence-corrected chi connectivity index (χ2v) is 7.23. The van der Waals surface area contributed by atoms with Crippen LogP contribution < -0.4 is 0 Å². The summed E-state index contributed by atoms with van der Waals surface area (Å²) in [6, 6.07) is 7.59. The van der Waals surface area contributed by atoms with Crippen LogP contribution in [0.15, 0.2) is 39.4 Å². The molecule has 6 nitrogen and oxygen atoms in total. The monoisotopic (exact) mass is 356 g/mol. The fraction of sp³-hybridized carbons (Fsp3) is 0.500. The molecule has 2 aliphatic rings. The van der Waals surface area contributed by atoms with Crippen LogP contribution in [-0.2, 0) is 11.2 Å². The van der Waals surface area contributed by atoms with Gasteiger partial charge < -0.3 is 18.6 Å². The summed E-state index contributed by atoms with van der Waals surface area (Å²) < 4.78 is 10.9. The van der Waals surface area contributed by atoms with Gasteiger partial charge in [0.1, 0.15) is 11.5 Å². The van der Waals surface area contributed by atoms with Gasteiger partial charge in [-0.1, -0.05) is 0 Å². The largest absolute Gasteiger partial charge is 0.466 e. The number of furan rings is 2. The fourth-order valence-corrected chi connectivity index (χ4v) is 4.23. The highest BCUT2D eigenvalue weighted by atomic mass is 16.3. The zero-order valence-electron chi connectivity index (χ0n) is 15.0. The van der Waals surface area contributed by atoms with E-state index in [0.29, 0.717) is 37.7 Å². The molecule has 26 heavy (non-hydrogen) atoms. The Labute approximate surface area is 152 Å². The van der Waals surface area contributed by atoms with Crippen molar-refractivity contribution < 1.29 is 18.4 Å². The zero-order valence-corrected chi connectivity index (χ0v) is 15.0. The molecule has 0 spiro atoms. The first kappa shape index (κ1) is 16.9. The summed E-state index contributed by atoms with van der Waals surface area (Å²) in [4.78, 5) is 28.9. The number of carbonyl (C=O) groups excluding carboxylic acids is 2. The number of hydrogen-bond donors (Lipinski definition) is 0. The van der Waals surface area contributed by atoms with E-state index in [1.54, 1.807) is 12.1 Å². The lowest BCUT2D eigenvalue weighted by Crippen LogP contribution is -2.57. The van der Waals surface area contributed by atoms with Crippen LogP contribution in [0.5, 0.6) is 0 Å². The number of rotatable bonds is 4. The Hall–Kier alpha value is -2.50. The summed E-state index contributed by atoms with van der Waals surface area (Å²) in [6.07, 6.45) is 4.48. The number of amides is 2. The van der Waals surface area contributed by atoms with E-state index in [1.807, 2.05) is 28.9 Å². The van der Waals surface area contributed by atoms with Crippen molar-refractivity contribution in [3.8, 4) is 0 Å². The van der Waals surface area contributed by atoms with Gasteiger partial charge in [0.05, 0.1) is 6.26 Å². The number of likely N-dealkylation sites (tertiary alicyclic amines) is 2. The Kier molecular flexibility index (Phi) is 4.57. The zero-order chi connectivity index (χ0) is 18.1. The van der Waals surface area contributed by atoms with Crippen molar-refractivity contribution in [1.29, 1.82) is 0 Å². The minimum atomic E-state index is -0.0528. The highest BCUT2D eigenvalue weighted by Crippen LogP contribution is 2.32. The first-order valence-electron chi connectivity index (χ1n) is 9.29. The van der Waals surface area contributed by atoms with Crippen LogP contribution in [0, 0.1) is 12.8 Å². The van der Waals surface area contributed by atoms with Crippen molar-refractivity contribution in [3.05, 3.63) is 47.8 Å². The SMILES string of the molecule is Cc1ccc(CCN2C(=O)CC[C@@H]3CN(C(=O)c4ccco4)CC[C@@H]32)o1. The number of fused-ring (bicyclic) bond motifs is 1. The quantitative estimate of drug-likeness (QED) is 0.845. The minimum absolute atomic E-state index is 0.0528. The number of hydrogen-bond acceptors (Lipinski definition) is 4. The van der Waals surface area contributed by atoms with Gasteiger partial charge >= 0.3 is 0 Å². The van der Waals surface area contributed by atoms with Gasteiger partial charge in [0, 0.05) is 38.5 Å². The Morgan fingerprint density at radius 1 is 1.27 bits per heavy atom. The van der Waals surface area contributed by atoms with Crippen LogP contribution >= 0.6 is 0 Å². The lowest BCUT2D eigenvalue weighted by atomic mass is 9.83. The van der Waals surface area contributed by atoms with Crippen molar-refractivity contribution >= 4 is 11.8 Å². The summed E-state index contributed by atoms with van der Waals surface area (Å²) >= 11 is 0. The van der Waals surface area contributed by atoms with E-state index in [1.165, 1.54) is 6.26 Å². The third kappa shape index (κ3) is 3.28. The van der Waals surface area contributed by atoms with Crippen LogP contribution in [0.1, 0.15) is 41.3 Å². The van der Waals surface area contributed by atoms with E-state index in [-0.39, 0.29) is 17.9 Å². The third-order valence-electron chi connectivity index (χ3n) is 5.56. The summed E-state index contributed by atoms with van der Waals surface area (Å²) in [5.41, 5.74) is 0. The molecule has 138 valence electrons. The highest BCUT2D eigenvalue weighted by Gasteiger charge is 2.40. The molecule has 4 rings (SSSR count). The second kappa shape index (κ2) is 7.02. The molecule has 0 aromatic carbocycles. The van der Waals surface area contributed by atoms with Crippen LogP contribution in [0.25, 0.3) is 0 Å². The molecule has 2 fully saturated rings. The summed E-state index contributed by atoms with van der Waals surface area (Å²) in [6.45, 7) is 3.95. The van der Waals surface area contributed by atoms with Gasteiger partial charge in [-0.15, -0.1) is 0 Å². The number of piperidine rings is 2. The molecule has 0 aliphatic carbocycles. The van der Waals surface area contributed by atoms with Gasteiger partial charge in [0.25, 0.3) is 5.91 Å². The molecule has 2 aromatic heterocycles. The number of nitrogens with zero attached hydrogens (tertiary/aromatic N) is 2. The third-order valence-corrected chi connectivity index (χ3v) is 5.56. The van der Waals surface area contributed by atoms with E-state index in [0.717, 1.165) is 30.8 Å². The standard InChI is InChI=1S/C20H24N2O4/c1-14-4-6-16(26-14)8-11-22-17-9-10-21(13-15(17)5-7-19(22)23)20(24)18-3-2-12-25-18/h2-4,6,12,15,17H,5,7-11,13H2,1H3/t15-,17+/m1/s1. The normalized spacial score (nSPS) is 23.2. The molecule has 0 radical (unpaired) electrons. The van der Waals surface area contributed by atoms with Gasteiger partial charge in [-0.25, -0.2) is 0 Å². The van der Waals surface area contributed by atoms with E-state index < -0.39 is 0 Å². The smallest absolute Gasteiger partial charge is 0.289 e. The van der Waals surface area contributed by atoms with E-state index in [4.69, 9.17) is 8.83 Å². The van der Waals surface area contributed by atoms with E-state index in [9.17, 15) is 9.59 Å². The Bertz CT molecular complexity index is 780. The van der Waals surface area contributed by atoms with Crippen molar-refractivity contribution in [2.24, 2.45) is 5.92 Å². The average Bonchev–Trinajstić information content (AvgIpc) is 3.32. The Balaban J connectivity index is 1.41. The molecular weight excluding hydrogens is 332 g/mol. The molecule has 0 bridgehead atoms. The number of carbonyl (C=O) groups is 2. The Morgan fingerprint density at radius 3 is 2.88 bits per heavy atom. The van der Waals surface area contributed by atoms with E-state index in [2.05, 4.69) is 0 Å². The van der Waals surface area contributed by atoms with Gasteiger partial charge in [-0.2, -0.15) is 0 Å². The van der Waals surface area contributed by atoms with E-state index >= 15 is 0 Å². The summed E-state index contributed by atoms with van der Waals surface area (Å²) in [5, 5.41) is 0. The lowest BCUT2D eigenvalue weighted by molar-refractivity contribution is -0.140. The van der Waals surface area contributed by atoms with Crippen molar-refractivity contribution in [2.45, 2.75) is 38.6 Å². The molecule has 4 heterocycles. The summed E-state index contributed by atoms with van der Waals surface area (Å²) in [7, 11) is 0. The first-order chi connectivity index (χ1) is 12.6. The van der Waals surface area contributed by atoms with Crippen LogP contribution in [-0.4, -0.2) is 47.3 Å². The molecule has 0 unspecified atom stereocenters. The van der Waals surface area contributed by atoms with Crippen LogP contribution in [0.4, 0.5) is 0 Å².